The first-order chi connectivity index (χ1) is 18.9. The lowest BCUT2D eigenvalue weighted by Gasteiger charge is -2.10. The Morgan fingerprint density at radius 2 is 1.33 bits per heavy atom. The minimum absolute atomic E-state index is 0.00577. The summed E-state index contributed by atoms with van der Waals surface area (Å²) in [6.45, 7) is 1.02. The zero-order chi connectivity index (χ0) is 27.6. The number of ketones is 1. The molecule has 4 rings (SSSR count). The second-order valence-electron chi connectivity index (χ2n) is 8.85. The van der Waals surface area contributed by atoms with Crippen LogP contribution >= 0.6 is 0 Å². The van der Waals surface area contributed by atoms with E-state index in [0.29, 0.717) is 22.7 Å². The molecule has 0 aliphatic heterocycles. The molecular weight excluding hydrogens is 496 g/mol. The highest BCUT2D eigenvalue weighted by atomic mass is 16.5. The topological polar surface area (TPSA) is 111 Å². The van der Waals surface area contributed by atoms with Crippen molar-refractivity contribution < 1.29 is 28.7 Å². The van der Waals surface area contributed by atoms with Crippen LogP contribution in [-0.2, 0) is 19.1 Å². The smallest absolute Gasteiger partial charge is 0.306 e. The summed E-state index contributed by atoms with van der Waals surface area (Å²) < 4.78 is 11.0. The Morgan fingerprint density at radius 1 is 0.692 bits per heavy atom. The monoisotopic (exact) mass is 524 g/mol. The van der Waals surface area contributed by atoms with Crippen LogP contribution < -0.4 is 15.4 Å². The van der Waals surface area contributed by atoms with E-state index in [1.807, 2.05) is 42.5 Å². The van der Waals surface area contributed by atoms with Crippen LogP contribution in [0.5, 0.6) is 11.5 Å². The van der Waals surface area contributed by atoms with Crippen LogP contribution in [-0.4, -0.2) is 30.2 Å². The maximum Gasteiger partial charge on any atom is 0.306 e. The summed E-state index contributed by atoms with van der Waals surface area (Å²) in [6.07, 6.45) is 0.408. The fourth-order valence-corrected chi connectivity index (χ4v) is 3.84. The lowest BCUT2D eigenvalue weighted by Crippen LogP contribution is -2.21. The van der Waals surface area contributed by atoms with E-state index in [-0.39, 0.29) is 31.0 Å². The summed E-state index contributed by atoms with van der Waals surface area (Å²) >= 11 is 0. The highest BCUT2D eigenvalue weighted by Crippen LogP contribution is 2.30. The molecule has 39 heavy (non-hydrogen) atoms. The normalized spacial score (nSPS) is 10.5. The molecule has 0 saturated carbocycles. The largest absolute Gasteiger partial charge is 0.457 e. The second-order valence-corrected chi connectivity index (χ2v) is 8.85. The third kappa shape index (κ3) is 8.00. The van der Waals surface area contributed by atoms with Gasteiger partial charge in [0.1, 0.15) is 11.5 Å². The molecule has 0 bridgehead atoms. The van der Waals surface area contributed by atoms with Crippen molar-refractivity contribution in [1.82, 2.24) is 0 Å². The molecule has 4 aromatic rings. The molecule has 0 spiro atoms. The molecule has 0 aromatic heterocycles. The van der Waals surface area contributed by atoms with E-state index < -0.39 is 18.5 Å². The number of Topliss-reactive ketones (excluding diaryl/α,β-unsaturated/α-hetero) is 1. The number of carbonyl (C=O) groups is 4. The number of ether oxygens (including phenoxy) is 2. The number of carbonyl (C=O) groups excluding carboxylic acids is 4. The number of rotatable bonds is 11. The molecule has 0 aliphatic carbocycles. The molecule has 2 amide bonds. The van der Waals surface area contributed by atoms with Crippen LogP contribution in [0, 0.1) is 0 Å². The predicted molar refractivity (Wildman–Crippen MR) is 149 cm³/mol. The number of fused-ring (bicyclic) bond motifs is 1. The fourth-order valence-electron chi connectivity index (χ4n) is 3.84. The number of nitrogens with one attached hydrogen (secondary N) is 2. The number of esters is 1. The van der Waals surface area contributed by atoms with E-state index >= 15 is 0 Å². The average molecular weight is 525 g/mol. The minimum atomic E-state index is -0.570. The summed E-state index contributed by atoms with van der Waals surface area (Å²) in [6, 6.07) is 27.3. The highest BCUT2D eigenvalue weighted by molar-refractivity contribution is 5.96. The van der Waals surface area contributed by atoms with Crippen molar-refractivity contribution in [1.29, 1.82) is 0 Å². The van der Waals surface area contributed by atoms with Gasteiger partial charge in [-0.25, -0.2) is 0 Å². The van der Waals surface area contributed by atoms with Crippen molar-refractivity contribution in [3.05, 3.63) is 96.6 Å². The van der Waals surface area contributed by atoms with Crippen molar-refractivity contribution >= 4 is 45.7 Å². The quantitative estimate of drug-likeness (QED) is 0.181. The van der Waals surface area contributed by atoms with Crippen LogP contribution in [0.15, 0.2) is 91.0 Å². The summed E-state index contributed by atoms with van der Waals surface area (Å²) in [7, 11) is 0. The molecule has 0 radical (unpaired) electrons. The van der Waals surface area contributed by atoms with Gasteiger partial charge in [-0.1, -0.05) is 36.4 Å². The van der Waals surface area contributed by atoms with Gasteiger partial charge in [0.25, 0.3) is 5.91 Å². The van der Waals surface area contributed by atoms with Crippen LogP contribution in [0.2, 0.25) is 0 Å². The molecule has 8 nitrogen and oxygen atoms in total. The Labute approximate surface area is 225 Å². The van der Waals surface area contributed by atoms with Crippen LogP contribution in [0.1, 0.15) is 36.5 Å². The maximum atomic E-state index is 12.3. The zero-order valence-electron chi connectivity index (χ0n) is 21.4. The van der Waals surface area contributed by atoms with Crippen molar-refractivity contribution in [2.24, 2.45) is 0 Å². The Morgan fingerprint density at radius 3 is 2.05 bits per heavy atom. The van der Waals surface area contributed by atoms with Crippen molar-refractivity contribution in [3.8, 4) is 11.5 Å². The maximum absolute atomic E-state index is 12.3. The van der Waals surface area contributed by atoms with Gasteiger partial charge >= 0.3 is 5.97 Å². The minimum Gasteiger partial charge on any atom is -0.457 e. The molecule has 0 aliphatic rings. The molecule has 198 valence electrons. The van der Waals surface area contributed by atoms with Gasteiger partial charge in [-0.15, -0.1) is 0 Å². The van der Waals surface area contributed by atoms with Gasteiger partial charge in [0, 0.05) is 35.2 Å². The van der Waals surface area contributed by atoms with E-state index in [1.165, 1.54) is 6.92 Å². The summed E-state index contributed by atoms with van der Waals surface area (Å²) in [5.41, 5.74) is 1.64. The van der Waals surface area contributed by atoms with Crippen molar-refractivity contribution in [2.75, 3.05) is 17.2 Å². The molecule has 8 heteroatoms. The zero-order valence-corrected chi connectivity index (χ0v) is 21.4. The number of hydrogen-bond donors (Lipinski definition) is 2. The first-order valence-electron chi connectivity index (χ1n) is 12.5. The number of amides is 2. The van der Waals surface area contributed by atoms with Gasteiger partial charge in [-0.2, -0.15) is 0 Å². The standard InChI is InChI=1S/C31H28N2O6/c1-21(34)22-12-14-24(15-13-22)33-30(36)20-38-31(37)11-5-10-29(35)32-25-16-18-26(19-17-25)39-28-9-4-7-23-6-2-3-8-27(23)28/h2-4,6-9,12-19H,5,10-11,20H2,1H3,(H,32,35)(H,33,36). The molecule has 0 unspecified atom stereocenters. The van der Waals surface area contributed by atoms with Gasteiger partial charge in [0.15, 0.2) is 12.4 Å². The average Bonchev–Trinajstić information content (AvgIpc) is 2.93. The second kappa shape index (κ2) is 13.0. The molecule has 0 fully saturated rings. The highest BCUT2D eigenvalue weighted by Gasteiger charge is 2.11. The lowest BCUT2D eigenvalue weighted by molar-refractivity contribution is -0.147. The predicted octanol–water partition coefficient (Wildman–Crippen LogP) is 6.13. The van der Waals surface area contributed by atoms with E-state index in [4.69, 9.17) is 9.47 Å². The third-order valence-electron chi connectivity index (χ3n) is 5.84. The van der Waals surface area contributed by atoms with Crippen LogP contribution in [0.3, 0.4) is 0 Å². The summed E-state index contributed by atoms with van der Waals surface area (Å²) in [5, 5.41) is 7.48. The van der Waals surface area contributed by atoms with E-state index in [0.717, 1.165) is 16.5 Å². The molecule has 4 aromatic carbocycles. The lowest BCUT2D eigenvalue weighted by atomic mass is 10.1. The number of anilines is 2. The summed E-state index contributed by atoms with van der Waals surface area (Å²) in [5.74, 6) is 0.0131. The fraction of sp³-hybridized carbons (Fsp3) is 0.161. The SMILES string of the molecule is CC(=O)c1ccc(NC(=O)COC(=O)CCCC(=O)Nc2ccc(Oc3cccc4ccccc34)cc2)cc1. The number of hydrogen-bond acceptors (Lipinski definition) is 6. The van der Waals surface area contributed by atoms with Gasteiger partial charge in [-0.05, 0) is 73.3 Å². The summed E-state index contributed by atoms with van der Waals surface area (Å²) in [4.78, 5) is 47.5. The van der Waals surface area contributed by atoms with Gasteiger partial charge in [0.2, 0.25) is 5.91 Å². The van der Waals surface area contributed by atoms with Crippen molar-refractivity contribution in [2.45, 2.75) is 26.2 Å². The molecule has 2 N–H and O–H groups in total. The molecular formula is C31H28N2O6. The van der Waals surface area contributed by atoms with Crippen molar-refractivity contribution in [3.63, 3.8) is 0 Å². The van der Waals surface area contributed by atoms with E-state index in [9.17, 15) is 19.2 Å². The van der Waals surface area contributed by atoms with E-state index in [2.05, 4.69) is 10.6 Å². The van der Waals surface area contributed by atoms with Gasteiger partial charge < -0.3 is 20.1 Å². The third-order valence-corrected chi connectivity index (χ3v) is 5.84. The number of benzene rings is 4. The Balaban J connectivity index is 1.15. The van der Waals surface area contributed by atoms with Gasteiger partial charge in [-0.3, -0.25) is 19.2 Å². The van der Waals surface area contributed by atoms with Crippen LogP contribution in [0.4, 0.5) is 11.4 Å². The first kappa shape index (κ1) is 27.1. The first-order valence-corrected chi connectivity index (χ1v) is 12.5. The molecule has 0 atom stereocenters. The molecule has 0 saturated heterocycles. The Bertz CT molecular complexity index is 1470. The van der Waals surface area contributed by atoms with Crippen LogP contribution in [0.25, 0.3) is 10.8 Å². The molecule has 0 heterocycles. The van der Waals surface area contributed by atoms with E-state index in [1.54, 1.807) is 48.5 Å². The Kier molecular flexibility index (Phi) is 9.03. The van der Waals surface area contributed by atoms with Gasteiger partial charge in [0.05, 0.1) is 0 Å². The Hall–Kier alpha value is -4.98.